The van der Waals surface area contributed by atoms with Gasteiger partial charge < -0.3 is 15.3 Å². The van der Waals surface area contributed by atoms with E-state index in [-0.39, 0.29) is 5.75 Å². The summed E-state index contributed by atoms with van der Waals surface area (Å²) in [5.41, 5.74) is 0. The molecule has 0 saturated carbocycles. The molecule has 0 amide bonds. The number of thiophene rings is 1. The largest absolute Gasteiger partial charge is 0.506 e. The molecule has 0 aliphatic rings. The Morgan fingerprint density at radius 3 is 2.89 bits per heavy atom. The molecule has 2 aromatic heterocycles. The number of hydrogen-bond donors (Lipinski definition) is 2. The molecule has 0 radical (unpaired) electrons. The minimum absolute atomic E-state index is 0.198. The quantitative estimate of drug-likeness (QED) is 0.837. The molecule has 2 N–H and O–H groups in total. The van der Waals surface area contributed by atoms with Crippen LogP contribution in [0.2, 0.25) is 0 Å². The van der Waals surface area contributed by atoms with E-state index in [4.69, 9.17) is 0 Å². The number of rotatable bonds is 6. The Kier molecular flexibility index (Phi) is 4.55. The highest BCUT2D eigenvalue weighted by Crippen LogP contribution is 2.19. The number of nitrogens with one attached hydrogen (secondary N) is 1. The number of nitrogens with zero attached hydrogens (tertiary/aromatic N) is 2. The third kappa shape index (κ3) is 3.45. The summed E-state index contributed by atoms with van der Waals surface area (Å²) < 4.78 is 0. The van der Waals surface area contributed by atoms with Gasteiger partial charge in [0.25, 0.3) is 0 Å². The smallest absolute Gasteiger partial charge is 0.134 e. The van der Waals surface area contributed by atoms with Crippen molar-refractivity contribution in [3.63, 3.8) is 0 Å². The first kappa shape index (κ1) is 12.9. The second-order valence-corrected chi connectivity index (χ2v) is 5.01. The fraction of sp³-hybridized carbons (Fsp3) is 0.308. The first-order valence-corrected chi connectivity index (χ1v) is 6.74. The van der Waals surface area contributed by atoms with Crippen molar-refractivity contribution < 1.29 is 5.11 Å². The topological polar surface area (TPSA) is 48.4 Å². The Balaban J connectivity index is 2.11. The molecule has 18 heavy (non-hydrogen) atoms. The summed E-state index contributed by atoms with van der Waals surface area (Å²) >= 11 is 1.74. The average molecular weight is 263 g/mol. The standard InChI is InChI=1S/C13H17N3OS/c1-14-6-7-16(10-12-3-2-8-18-12)13-5-4-11(17)9-15-13/h2-5,8-9,14,17H,6-7,10H2,1H3. The van der Waals surface area contributed by atoms with Crippen LogP contribution in [0.4, 0.5) is 5.82 Å². The maximum atomic E-state index is 9.28. The van der Waals surface area contributed by atoms with Crippen LogP contribution in [-0.2, 0) is 6.54 Å². The second-order valence-electron chi connectivity index (χ2n) is 3.98. The minimum Gasteiger partial charge on any atom is -0.506 e. The van der Waals surface area contributed by atoms with Gasteiger partial charge in [-0.2, -0.15) is 0 Å². The Morgan fingerprint density at radius 2 is 2.28 bits per heavy atom. The van der Waals surface area contributed by atoms with E-state index < -0.39 is 0 Å². The SMILES string of the molecule is CNCCN(Cc1cccs1)c1ccc(O)cn1. The van der Waals surface area contributed by atoms with Crippen molar-refractivity contribution in [1.29, 1.82) is 0 Å². The van der Waals surface area contributed by atoms with E-state index >= 15 is 0 Å². The van der Waals surface area contributed by atoms with E-state index in [0.29, 0.717) is 0 Å². The average Bonchev–Trinajstić information content (AvgIpc) is 2.88. The van der Waals surface area contributed by atoms with Crippen LogP contribution in [0.15, 0.2) is 35.8 Å². The van der Waals surface area contributed by atoms with Gasteiger partial charge in [0.15, 0.2) is 0 Å². The molecule has 0 bridgehead atoms. The Bertz CT molecular complexity index is 456. The predicted molar refractivity (Wildman–Crippen MR) is 75.2 cm³/mol. The molecular formula is C13H17N3OS. The van der Waals surface area contributed by atoms with E-state index in [2.05, 4.69) is 32.7 Å². The highest BCUT2D eigenvalue weighted by Gasteiger charge is 2.08. The summed E-state index contributed by atoms with van der Waals surface area (Å²) in [6, 6.07) is 7.69. The van der Waals surface area contributed by atoms with Gasteiger partial charge in [-0.25, -0.2) is 4.98 Å². The highest BCUT2D eigenvalue weighted by molar-refractivity contribution is 7.09. The van der Waals surface area contributed by atoms with E-state index in [1.165, 1.54) is 11.1 Å². The molecule has 2 rings (SSSR count). The van der Waals surface area contributed by atoms with Crippen LogP contribution in [-0.4, -0.2) is 30.2 Å². The predicted octanol–water partition coefficient (Wildman–Crippen LogP) is 2.07. The Labute approximate surface area is 111 Å². The minimum atomic E-state index is 0.198. The zero-order valence-electron chi connectivity index (χ0n) is 10.3. The van der Waals surface area contributed by atoms with Gasteiger partial charge in [-0.05, 0) is 30.6 Å². The van der Waals surface area contributed by atoms with Crippen LogP contribution in [0.1, 0.15) is 4.88 Å². The van der Waals surface area contributed by atoms with Crippen LogP contribution >= 0.6 is 11.3 Å². The number of likely N-dealkylation sites (N-methyl/N-ethyl adjacent to an activating group) is 1. The van der Waals surface area contributed by atoms with Crippen LogP contribution in [0, 0.1) is 0 Å². The second kappa shape index (κ2) is 6.37. The summed E-state index contributed by atoms with van der Waals surface area (Å²) in [5, 5.41) is 14.5. The van der Waals surface area contributed by atoms with Gasteiger partial charge in [0.05, 0.1) is 12.7 Å². The molecule has 0 aliphatic heterocycles. The van der Waals surface area contributed by atoms with Gasteiger partial charge in [0, 0.05) is 18.0 Å². The van der Waals surface area contributed by atoms with Crippen molar-refractivity contribution >= 4 is 17.2 Å². The van der Waals surface area contributed by atoms with Crippen LogP contribution in [0.5, 0.6) is 5.75 Å². The monoisotopic (exact) mass is 263 g/mol. The van der Waals surface area contributed by atoms with Gasteiger partial charge in [-0.3, -0.25) is 0 Å². The molecule has 0 aromatic carbocycles. The van der Waals surface area contributed by atoms with Crippen LogP contribution in [0.3, 0.4) is 0 Å². The van der Waals surface area contributed by atoms with Crippen molar-refractivity contribution in [3.8, 4) is 5.75 Å². The number of anilines is 1. The summed E-state index contributed by atoms with van der Waals surface area (Å²) in [6.07, 6.45) is 1.48. The maximum Gasteiger partial charge on any atom is 0.134 e. The van der Waals surface area contributed by atoms with Gasteiger partial charge in [0.2, 0.25) is 0 Å². The molecule has 0 aliphatic carbocycles. The van der Waals surface area contributed by atoms with Crippen molar-refractivity contribution in [2.24, 2.45) is 0 Å². The van der Waals surface area contributed by atoms with Gasteiger partial charge >= 0.3 is 0 Å². The molecule has 96 valence electrons. The molecule has 0 unspecified atom stereocenters. The number of aromatic nitrogens is 1. The number of hydrogen-bond acceptors (Lipinski definition) is 5. The molecule has 0 spiro atoms. The van der Waals surface area contributed by atoms with Crippen LogP contribution < -0.4 is 10.2 Å². The van der Waals surface area contributed by atoms with Crippen LogP contribution in [0.25, 0.3) is 0 Å². The van der Waals surface area contributed by atoms with E-state index in [9.17, 15) is 5.11 Å². The van der Waals surface area contributed by atoms with Crippen molar-refractivity contribution in [2.75, 3.05) is 25.0 Å². The fourth-order valence-corrected chi connectivity index (χ4v) is 2.40. The number of aromatic hydroxyl groups is 1. The molecule has 0 fully saturated rings. The molecule has 5 heteroatoms. The van der Waals surface area contributed by atoms with E-state index in [0.717, 1.165) is 25.5 Å². The van der Waals surface area contributed by atoms with Crippen molar-refractivity contribution in [1.82, 2.24) is 10.3 Å². The first-order valence-electron chi connectivity index (χ1n) is 5.86. The summed E-state index contributed by atoms with van der Waals surface area (Å²) in [5.74, 6) is 1.08. The third-order valence-corrected chi connectivity index (χ3v) is 3.48. The van der Waals surface area contributed by atoms with E-state index in [1.807, 2.05) is 13.1 Å². The van der Waals surface area contributed by atoms with E-state index in [1.54, 1.807) is 17.4 Å². The summed E-state index contributed by atoms with van der Waals surface area (Å²) in [7, 11) is 1.94. The lowest BCUT2D eigenvalue weighted by Crippen LogP contribution is -2.30. The zero-order valence-corrected chi connectivity index (χ0v) is 11.2. The third-order valence-electron chi connectivity index (χ3n) is 2.61. The normalized spacial score (nSPS) is 10.5. The van der Waals surface area contributed by atoms with Gasteiger partial charge in [-0.15, -0.1) is 11.3 Å². The Hall–Kier alpha value is -1.59. The maximum absolute atomic E-state index is 9.28. The van der Waals surface area contributed by atoms with Gasteiger partial charge in [0.1, 0.15) is 11.6 Å². The van der Waals surface area contributed by atoms with Gasteiger partial charge in [-0.1, -0.05) is 6.07 Å². The lowest BCUT2D eigenvalue weighted by Gasteiger charge is -2.23. The molecular weight excluding hydrogens is 246 g/mol. The molecule has 2 aromatic rings. The zero-order chi connectivity index (χ0) is 12.8. The molecule has 2 heterocycles. The summed E-state index contributed by atoms with van der Waals surface area (Å²) in [4.78, 5) is 7.77. The van der Waals surface area contributed by atoms with Crippen molar-refractivity contribution in [3.05, 3.63) is 40.7 Å². The highest BCUT2D eigenvalue weighted by atomic mass is 32.1. The first-order chi connectivity index (χ1) is 8.79. The van der Waals surface area contributed by atoms with Crippen molar-refractivity contribution in [2.45, 2.75) is 6.54 Å². The lowest BCUT2D eigenvalue weighted by atomic mass is 10.3. The lowest BCUT2D eigenvalue weighted by molar-refractivity contribution is 0.472. The Morgan fingerprint density at radius 1 is 1.39 bits per heavy atom. The fourth-order valence-electron chi connectivity index (χ4n) is 1.68. The molecule has 4 nitrogen and oxygen atoms in total. The molecule has 0 saturated heterocycles. The number of pyridine rings is 1. The summed E-state index contributed by atoms with van der Waals surface area (Å²) in [6.45, 7) is 2.62. The molecule has 0 atom stereocenters.